The Kier molecular flexibility index (Phi) is 9.72. The van der Waals surface area contributed by atoms with Crippen LogP contribution in [-0.2, 0) is 19.6 Å². The molecule has 220 valence electrons. The maximum absolute atomic E-state index is 13.4. The molecule has 0 unspecified atom stereocenters. The minimum Gasteiger partial charge on any atom is -0.497 e. The molecule has 0 saturated carbocycles. The van der Waals surface area contributed by atoms with E-state index in [1.54, 1.807) is 18.2 Å². The number of hydrogen-bond donors (Lipinski definition) is 1. The van der Waals surface area contributed by atoms with Gasteiger partial charge in [-0.2, -0.15) is 17.5 Å². The number of carboxylic acids is 1. The Morgan fingerprint density at radius 1 is 1.00 bits per heavy atom. The Hall–Kier alpha value is -3.32. The normalized spacial score (nSPS) is 20.1. The molecule has 2 atom stereocenters. The van der Waals surface area contributed by atoms with E-state index in [9.17, 15) is 26.4 Å². The number of carbonyl (C=O) groups is 2. The van der Waals surface area contributed by atoms with E-state index in [-0.39, 0.29) is 29.2 Å². The van der Waals surface area contributed by atoms with Crippen molar-refractivity contribution in [2.75, 3.05) is 51.3 Å². The number of halogens is 3. The van der Waals surface area contributed by atoms with Crippen LogP contribution in [-0.4, -0.2) is 87.2 Å². The van der Waals surface area contributed by atoms with E-state index in [2.05, 4.69) is 36.9 Å². The first-order valence-corrected chi connectivity index (χ1v) is 14.1. The number of methoxy groups -OCH3 is 1. The number of carboxylic acid groups (broad SMARTS) is 1. The van der Waals surface area contributed by atoms with Crippen LogP contribution in [0.4, 0.5) is 18.9 Å². The molecule has 2 aliphatic heterocycles. The van der Waals surface area contributed by atoms with Crippen molar-refractivity contribution in [3.8, 4) is 5.75 Å². The molecule has 0 bridgehead atoms. The molecule has 9 nitrogen and oxygen atoms in total. The Morgan fingerprint density at radius 2 is 1.62 bits per heavy atom. The predicted molar refractivity (Wildman–Crippen MR) is 143 cm³/mol. The van der Waals surface area contributed by atoms with Crippen LogP contribution in [0.1, 0.15) is 18.1 Å². The summed E-state index contributed by atoms with van der Waals surface area (Å²) in [5.74, 6) is -2.55. The van der Waals surface area contributed by atoms with E-state index < -0.39 is 22.2 Å². The summed E-state index contributed by atoms with van der Waals surface area (Å²) in [5.41, 5.74) is 3.70. The predicted octanol–water partition coefficient (Wildman–Crippen LogP) is 3.55. The zero-order valence-electron chi connectivity index (χ0n) is 22.8. The van der Waals surface area contributed by atoms with Crippen LogP contribution in [0.25, 0.3) is 0 Å². The van der Waals surface area contributed by atoms with Gasteiger partial charge in [0, 0.05) is 51.0 Å². The molecule has 13 heteroatoms. The monoisotopic (exact) mass is 585 g/mol. The highest BCUT2D eigenvalue weighted by Gasteiger charge is 2.42. The topological polar surface area (TPSA) is 107 Å². The van der Waals surface area contributed by atoms with E-state index in [0.717, 1.165) is 13.1 Å². The van der Waals surface area contributed by atoms with Crippen LogP contribution in [0.2, 0.25) is 0 Å². The number of nitrogens with zero attached hydrogens (tertiary/aromatic N) is 3. The highest BCUT2D eigenvalue weighted by molar-refractivity contribution is 7.89. The standard InChI is InChI=1S/C25H33N3O4S.C2HF3O2/c1-18-8-9-19(2)24(14-18)26-10-12-27(13-11-26)25(29)23-17-28(16-20(23)3)33(30,31)22-7-5-6-21(15-22)32-4;3-2(4,5)1(6)7/h5-9,14-15,20,23H,10-13,16-17H2,1-4H3;(H,6,7)/t20-,23-;/m1./s1. The molecule has 1 amide bonds. The number of anilines is 1. The van der Waals surface area contributed by atoms with Gasteiger partial charge in [0.05, 0.1) is 17.9 Å². The lowest BCUT2D eigenvalue weighted by atomic mass is 9.96. The number of aliphatic carboxylic acids is 1. The van der Waals surface area contributed by atoms with E-state index >= 15 is 0 Å². The maximum Gasteiger partial charge on any atom is 0.490 e. The quantitative estimate of drug-likeness (QED) is 0.572. The third-order valence-electron chi connectivity index (χ3n) is 7.11. The molecule has 2 aliphatic rings. The van der Waals surface area contributed by atoms with Crippen LogP contribution in [0.15, 0.2) is 47.4 Å². The number of rotatable bonds is 5. The molecule has 2 aromatic carbocycles. The lowest BCUT2D eigenvalue weighted by Crippen LogP contribution is -2.51. The van der Waals surface area contributed by atoms with E-state index in [1.165, 1.54) is 34.3 Å². The van der Waals surface area contributed by atoms with Gasteiger partial charge in [-0.3, -0.25) is 4.79 Å². The number of benzene rings is 2. The summed E-state index contributed by atoms with van der Waals surface area (Å²) in [4.78, 5) is 26.7. The van der Waals surface area contributed by atoms with E-state index in [1.807, 2.05) is 11.8 Å². The molecule has 0 aromatic heterocycles. The van der Waals surface area contributed by atoms with Crippen LogP contribution in [0.5, 0.6) is 5.75 Å². The first-order chi connectivity index (χ1) is 18.6. The minimum absolute atomic E-state index is 0.0325. The van der Waals surface area contributed by atoms with Gasteiger partial charge in [-0.05, 0) is 49.1 Å². The Bertz CT molecular complexity index is 1330. The summed E-state index contributed by atoms with van der Waals surface area (Å²) in [7, 11) is -2.17. The summed E-state index contributed by atoms with van der Waals surface area (Å²) in [5, 5.41) is 7.12. The van der Waals surface area contributed by atoms with Crippen molar-refractivity contribution in [1.82, 2.24) is 9.21 Å². The van der Waals surface area contributed by atoms with Crippen LogP contribution in [0, 0.1) is 25.7 Å². The van der Waals surface area contributed by atoms with Gasteiger partial charge in [0.1, 0.15) is 5.75 Å². The molecule has 2 heterocycles. The Balaban J connectivity index is 0.000000559. The average molecular weight is 586 g/mol. The highest BCUT2D eigenvalue weighted by atomic mass is 32.2. The van der Waals surface area contributed by atoms with Gasteiger partial charge in [-0.15, -0.1) is 0 Å². The zero-order chi connectivity index (χ0) is 29.8. The highest BCUT2D eigenvalue weighted by Crippen LogP contribution is 2.31. The number of sulfonamides is 1. The third kappa shape index (κ3) is 7.25. The third-order valence-corrected chi connectivity index (χ3v) is 8.94. The van der Waals surface area contributed by atoms with Crippen LogP contribution in [0.3, 0.4) is 0 Å². The molecule has 0 radical (unpaired) electrons. The lowest BCUT2D eigenvalue weighted by Gasteiger charge is -2.38. The molecule has 0 aliphatic carbocycles. The number of alkyl halides is 3. The first-order valence-electron chi connectivity index (χ1n) is 12.7. The molecular formula is C27H34F3N3O6S. The SMILES string of the molecule is COc1cccc(S(=O)(=O)N2C[C@@H](C)[C@H](C(=O)N3CCN(c4cc(C)ccc4C)CC3)C2)c1.O=C(O)C(F)(F)F. The number of piperazine rings is 1. The molecular weight excluding hydrogens is 551 g/mol. The molecule has 4 rings (SSSR count). The summed E-state index contributed by atoms with van der Waals surface area (Å²) >= 11 is 0. The Morgan fingerprint density at radius 3 is 2.20 bits per heavy atom. The molecule has 2 fully saturated rings. The molecule has 1 N–H and O–H groups in total. The van der Waals surface area contributed by atoms with Gasteiger partial charge in [-0.1, -0.05) is 25.1 Å². The van der Waals surface area contributed by atoms with Crippen molar-refractivity contribution in [2.24, 2.45) is 11.8 Å². The fraction of sp³-hybridized carbons (Fsp3) is 0.481. The molecule has 2 aromatic rings. The van der Waals surface area contributed by atoms with Crippen LogP contribution >= 0.6 is 0 Å². The van der Waals surface area contributed by atoms with E-state index in [4.69, 9.17) is 14.6 Å². The summed E-state index contributed by atoms with van der Waals surface area (Å²) < 4.78 is 64.7. The van der Waals surface area contributed by atoms with Crippen molar-refractivity contribution in [3.63, 3.8) is 0 Å². The fourth-order valence-corrected chi connectivity index (χ4v) is 6.42. The summed E-state index contributed by atoms with van der Waals surface area (Å²) in [6.07, 6.45) is -5.08. The molecule has 0 spiro atoms. The van der Waals surface area contributed by atoms with Gasteiger partial charge in [-0.25, -0.2) is 13.2 Å². The van der Waals surface area contributed by atoms with Crippen molar-refractivity contribution in [1.29, 1.82) is 0 Å². The second-order valence-corrected chi connectivity index (χ2v) is 11.9. The van der Waals surface area contributed by atoms with Gasteiger partial charge < -0.3 is 19.6 Å². The number of amides is 1. The maximum atomic E-state index is 13.4. The average Bonchev–Trinajstić information content (AvgIpc) is 3.32. The summed E-state index contributed by atoms with van der Waals surface area (Å²) in [6, 6.07) is 12.9. The second kappa shape index (κ2) is 12.5. The number of aryl methyl sites for hydroxylation is 2. The lowest BCUT2D eigenvalue weighted by molar-refractivity contribution is -0.192. The van der Waals surface area contributed by atoms with Gasteiger partial charge >= 0.3 is 12.1 Å². The largest absolute Gasteiger partial charge is 0.497 e. The second-order valence-electron chi connectivity index (χ2n) is 9.99. The van der Waals surface area contributed by atoms with Crippen LogP contribution < -0.4 is 9.64 Å². The number of ether oxygens (including phenoxy) is 1. The summed E-state index contributed by atoms with van der Waals surface area (Å²) in [6.45, 7) is 9.60. The van der Waals surface area contributed by atoms with Crippen molar-refractivity contribution in [3.05, 3.63) is 53.6 Å². The smallest absolute Gasteiger partial charge is 0.490 e. The fourth-order valence-electron chi connectivity index (χ4n) is 4.81. The van der Waals surface area contributed by atoms with Gasteiger partial charge in [0.25, 0.3) is 0 Å². The van der Waals surface area contributed by atoms with Crippen molar-refractivity contribution in [2.45, 2.75) is 31.8 Å². The molecule has 2 saturated heterocycles. The molecule has 40 heavy (non-hydrogen) atoms. The van der Waals surface area contributed by atoms with Gasteiger partial charge in [0.2, 0.25) is 15.9 Å². The zero-order valence-corrected chi connectivity index (χ0v) is 23.6. The first kappa shape index (κ1) is 31.2. The van der Waals surface area contributed by atoms with Gasteiger partial charge in [0.15, 0.2) is 0 Å². The van der Waals surface area contributed by atoms with Crippen molar-refractivity contribution >= 4 is 27.6 Å². The number of carbonyl (C=O) groups excluding carboxylic acids is 1. The minimum atomic E-state index is -5.08. The van der Waals surface area contributed by atoms with E-state index in [0.29, 0.717) is 25.4 Å². The van der Waals surface area contributed by atoms with Crippen molar-refractivity contribution < 1.29 is 41.0 Å². The number of hydrogen-bond acceptors (Lipinski definition) is 6. The Labute approximate surface area is 232 Å².